The summed E-state index contributed by atoms with van der Waals surface area (Å²) in [5.74, 6) is -1.52. The van der Waals surface area contributed by atoms with Crippen molar-refractivity contribution in [2.24, 2.45) is 0 Å². The van der Waals surface area contributed by atoms with Crippen molar-refractivity contribution < 1.29 is 14.3 Å². The lowest BCUT2D eigenvalue weighted by atomic mass is 10.1. The molecule has 0 saturated carbocycles. The molecular weight excluding hydrogens is 367 g/mol. The SMILES string of the molecule is O=C(O)C(c1ccccc1)n1cnc2scc(-c3ccc(F)cc3)c2c1=O. The lowest BCUT2D eigenvalue weighted by molar-refractivity contribution is -0.139. The van der Waals surface area contributed by atoms with Gasteiger partial charge in [-0.1, -0.05) is 42.5 Å². The molecule has 4 aromatic rings. The average Bonchev–Trinajstić information content (AvgIpc) is 3.10. The van der Waals surface area contributed by atoms with Crippen LogP contribution in [0.5, 0.6) is 0 Å². The first kappa shape index (κ1) is 17.1. The fourth-order valence-corrected chi connectivity index (χ4v) is 3.94. The smallest absolute Gasteiger partial charge is 0.331 e. The topological polar surface area (TPSA) is 72.2 Å². The number of aliphatic carboxylic acids is 1. The number of hydrogen-bond donors (Lipinski definition) is 1. The largest absolute Gasteiger partial charge is 0.479 e. The van der Waals surface area contributed by atoms with Crippen molar-refractivity contribution in [2.45, 2.75) is 6.04 Å². The molecule has 0 saturated heterocycles. The molecule has 5 nitrogen and oxygen atoms in total. The van der Waals surface area contributed by atoms with Crippen molar-refractivity contribution in [3.63, 3.8) is 0 Å². The molecule has 0 aliphatic carbocycles. The first-order chi connectivity index (χ1) is 13.1. The van der Waals surface area contributed by atoms with Crippen molar-refractivity contribution in [1.82, 2.24) is 9.55 Å². The van der Waals surface area contributed by atoms with Crippen molar-refractivity contribution >= 4 is 27.5 Å². The number of thiophene rings is 1. The van der Waals surface area contributed by atoms with Gasteiger partial charge in [0.15, 0.2) is 6.04 Å². The molecule has 0 radical (unpaired) electrons. The molecular formula is C20H13FN2O3S. The third-order valence-electron chi connectivity index (χ3n) is 4.30. The number of halogens is 1. The second kappa shape index (κ2) is 6.77. The van der Waals surface area contributed by atoms with E-state index < -0.39 is 17.6 Å². The molecule has 1 N–H and O–H groups in total. The van der Waals surface area contributed by atoms with Gasteiger partial charge in [-0.25, -0.2) is 14.2 Å². The second-order valence-electron chi connectivity index (χ2n) is 5.94. The Morgan fingerprint density at radius 1 is 1.11 bits per heavy atom. The van der Waals surface area contributed by atoms with Crippen molar-refractivity contribution in [2.75, 3.05) is 0 Å². The molecule has 7 heteroatoms. The molecule has 134 valence electrons. The molecule has 1 unspecified atom stereocenters. The lowest BCUT2D eigenvalue weighted by Crippen LogP contribution is -2.30. The molecule has 0 spiro atoms. The molecule has 0 amide bonds. The van der Waals surface area contributed by atoms with E-state index in [1.165, 1.54) is 29.8 Å². The van der Waals surface area contributed by atoms with Gasteiger partial charge in [0, 0.05) is 10.9 Å². The Bertz CT molecular complexity index is 1180. The molecule has 0 fully saturated rings. The number of hydrogen-bond acceptors (Lipinski definition) is 4. The Morgan fingerprint density at radius 3 is 2.48 bits per heavy atom. The van der Waals surface area contributed by atoms with Gasteiger partial charge in [-0.15, -0.1) is 11.3 Å². The first-order valence-electron chi connectivity index (χ1n) is 8.08. The van der Waals surface area contributed by atoms with E-state index in [0.717, 1.165) is 4.57 Å². The maximum atomic E-state index is 13.2. The summed E-state index contributed by atoms with van der Waals surface area (Å²) in [6.07, 6.45) is 1.27. The minimum atomic E-state index is -1.18. The van der Waals surface area contributed by atoms with E-state index in [9.17, 15) is 19.1 Å². The van der Waals surface area contributed by atoms with Crippen LogP contribution in [0, 0.1) is 5.82 Å². The number of fused-ring (bicyclic) bond motifs is 1. The normalized spacial score (nSPS) is 12.2. The van der Waals surface area contributed by atoms with Crippen LogP contribution in [0.25, 0.3) is 21.3 Å². The molecule has 4 rings (SSSR count). The van der Waals surface area contributed by atoms with Crippen LogP contribution in [0.4, 0.5) is 4.39 Å². The Labute approximate surface area is 157 Å². The Kier molecular flexibility index (Phi) is 4.29. The number of nitrogens with zero attached hydrogens (tertiary/aromatic N) is 2. The zero-order valence-corrected chi connectivity index (χ0v) is 14.7. The van der Waals surface area contributed by atoms with Gasteiger partial charge in [0.05, 0.1) is 5.39 Å². The minimum absolute atomic E-state index is 0.330. The van der Waals surface area contributed by atoms with E-state index in [0.29, 0.717) is 26.9 Å². The highest BCUT2D eigenvalue weighted by atomic mass is 32.1. The third kappa shape index (κ3) is 3.02. The van der Waals surface area contributed by atoms with Gasteiger partial charge < -0.3 is 5.11 Å². The highest BCUT2D eigenvalue weighted by molar-refractivity contribution is 7.17. The van der Waals surface area contributed by atoms with Gasteiger partial charge in [0.25, 0.3) is 5.56 Å². The second-order valence-corrected chi connectivity index (χ2v) is 6.80. The fourth-order valence-electron chi connectivity index (χ4n) is 3.03. The van der Waals surface area contributed by atoms with Crippen LogP contribution in [-0.2, 0) is 4.79 Å². The fraction of sp³-hybridized carbons (Fsp3) is 0.0500. The summed E-state index contributed by atoms with van der Waals surface area (Å²) < 4.78 is 14.4. The molecule has 1 atom stereocenters. The van der Waals surface area contributed by atoms with Crippen LogP contribution in [0.15, 0.2) is 71.1 Å². The summed E-state index contributed by atoms with van der Waals surface area (Å²) >= 11 is 1.29. The average molecular weight is 380 g/mol. The van der Waals surface area contributed by atoms with Crippen molar-refractivity contribution in [1.29, 1.82) is 0 Å². The predicted octanol–water partition coefficient (Wildman–Crippen LogP) is 3.94. The summed E-state index contributed by atoms with van der Waals surface area (Å²) in [6.45, 7) is 0. The van der Waals surface area contributed by atoms with Gasteiger partial charge in [-0.05, 0) is 23.3 Å². The number of carboxylic acid groups (broad SMARTS) is 1. The molecule has 0 aliphatic rings. The number of carboxylic acids is 1. The number of rotatable bonds is 4. The van der Waals surface area contributed by atoms with Crippen LogP contribution in [0.2, 0.25) is 0 Å². The summed E-state index contributed by atoms with van der Waals surface area (Å²) in [6, 6.07) is 13.1. The van der Waals surface area contributed by atoms with E-state index >= 15 is 0 Å². The van der Waals surface area contributed by atoms with Crippen molar-refractivity contribution in [3.8, 4) is 11.1 Å². The van der Waals surface area contributed by atoms with Crippen LogP contribution < -0.4 is 5.56 Å². The molecule has 27 heavy (non-hydrogen) atoms. The molecule has 2 aromatic heterocycles. The molecule has 2 aromatic carbocycles. The summed E-state index contributed by atoms with van der Waals surface area (Å²) in [4.78, 5) is 29.8. The molecule has 0 bridgehead atoms. The van der Waals surface area contributed by atoms with Crippen LogP contribution >= 0.6 is 11.3 Å². The summed E-state index contributed by atoms with van der Waals surface area (Å²) in [5.41, 5.74) is 1.31. The Balaban J connectivity index is 1.94. The minimum Gasteiger partial charge on any atom is -0.479 e. The Hall–Kier alpha value is -3.32. The number of carbonyl (C=O) groups is 1. The maximum absolute atomic E-state index is 13.2. The van der Waals surface area contributed by atoms with E-state index in [-0.39, 0.29) is 5.82 Å². The van der Waals surface area contributed by atoms with Gasteiger partial charge in [-0.3, -0.25) is 9.36 Å². The Morgan fingerprint density at radius 2 is 1.81 bits per heavy atom. The van der Waals surface area contributed by atoms with E-state index in [1.807, 2.05) is 0 Å². The molecule has 0 aliphatic heterocycles. The summed E-state index contributed by atoms with van der Waals surface area (Å²) in [5, 5.41) is 11.8. The zero-order chi connectivity index (χ0) is 19.0. The summed E-state index contributed by atoms with van der Waals surface area (Å²) in [7, 11) is 0. The van der Waals surface area contributed by atoms with Gasteiger partial charge in [-0.2, -0.15) is 0 Å². The van der Waals surface area contributed by atoms with E-state index in [1.54, 1.807) is 47.8 Å². The highest BCUT2D eigenvalue weighted by Crippen LogP contribution is 2.31. The van der Waals surface area contributed by atoms with E-state index in [4.69, 9.17) is 0 Å². The lowest BCUT2D eigenvalue weighted by Gasteiger charge is -2.15. The van der Waals surface area contributed by atoms with Crippen LogP contribution in [0.1, 0.15) is 11.6 Å². The van der Waals surface area contributed by atoms with E-state index in [2.05, 4.69) is 4.98 Å². The molecule has 2 heterocycles. The standard InChI is InChI=1S/C20H13FN2O3S/c21-14-8-6-12(7-9-14)15-10-27-18-16(15)19(24)23(11-22-18)17(20(25)26)13-4-2-1-3-5-13/h1-11,17H,(H,25,26). The first-order valence-corrected chi connectivity index (χ1v) is 8.96. The number of aromatic nitrogens is 2. The van der Waals surface area contributed by atoms with Crippen molar-refractivity contribution in [3.05, 3.63) is 88.0 Å². The third-order valence-corrected chi connectivity index (χ3v) is 5.19. The highest BCUT2D eigenvalue weighted by Gasteiger charge is 2.25. The predicted molar refractivity (Wildman–Crippen MR) is 101 cm³/mol. The maximum Gasteiger partial charge on any atom is 0.331 e. The van der Waals surface area contributed by atoms with Gasteiger partial charge >= 0.3 is 5.97 Å². The van der Waals surface area contributed by atoms with Gasteiger partial charge in [0.2, 0.25) is 0 Å². The number of benzene rings is 2. The van der Waals surface area contributed by atoms with Crippen LogP contribution in [0.3, 0.4) is 0 Å². The van der Waals surface area contributed by atoms with Crippen LogP contribution in [-0.4, -0.2) is 20.6 Å². The zero-order valence-electron chi connectivity index (χ0n) is 13.9. The van der Waals surface area contributed by atoms with Gasteiger partial charge in [0.1, 0.15) is 17.0 Å². The monoisotopic (exact) mass is 380 g/mol. The quantitative estimate of drug-likeness (QED) is 0.582.